The largest absolute Gasteiger partial charge is 0.505 e. The van der Waals surface area contributed by atoms with Crippen LogP contribution in [0, 0.1) is 6.92 Å². The van der Waals surface area contributed by atoms with Gasteiger partial charge in [-0.1, -0.05) is 17.7 Å². The number of nitrogens with one attached hydrogen (secondary N) is 1. The Hall–Kier alpha value is -4.92. The van der Waals surface area contributed by atoms with E-state index in [0.29, 0.717) is 5.69 Å². The standard InChI is InChI=1S/C29H26ClN7O13S4/c1-16-3-7-19(8-4-16)37(2)29-33-27(30)32-28(34-29)31-22-15-21(52(41,42)43)13-17-14-23(53(44,45)46)25(26(38)24(17)22)36-35-18-5-9-20(10-6-18)51(39,40)12-11-50-54(47,48)49/h3-10,13-15,38H,11-12H2,1-2H3,(H,41,42,43)(H,44,45,46)(H,47,48,49)(H,31,32,33,34). The van der Waals surface area contributed by atoms with Gasteiger partial charge in [-0.25, -0.2) is 12.6 Å². The van der Waals surface area contributed by atoms with Crippen LogP contribution in [0.2, 0.25) is 5.28 Å². The van der Waals surface area contributed by atoms with Crippen molar-refractivity contribution in [3.05, 3.63) is 77.6 Å². The Morgan fingerprint density at radius 1 is 0.815 bits per heavy atom. The highest BCUT2D eigenvalue weighted by atomic mass is 35.5. The van der Waals surface area contributed by atoms with Crippen molar-refractivity contribution in [3.63, 3.8) is 0 Å². The molecule has 0 radical (unpaired) electrons. The van der Waals surface area contributed by atoms with Gasteiger partial charge in [0.15, 0.2) is 15.6 Å². The van der Waals surface area contributed by atoms with Crippen molar-refractivity contribution in [1.29, 1.82) is 0 Å². The first-order valence-corrected chi connectivity index (χ1v) is 20.9. The van der Waals surface area contributed by atoms with Gasteiger partial charge in [-0.3, -0.25) is 13.7 Å². The van der Waals surface area contributed by atoms with Gasteiger partial charge in [0.05, 0.1) is 33.5 Å². The first-order chi connectivity index (χ1) is 25.0. The number of fused-ring (bicyclic) bond motifs is 1. The number of hydrogen-bond acceptors (Lipinski definition) is 17. The maximum absolute atomic E-state index is 12.5. The lowest BCUT2D eigenvalue weighted by Gasteiger charge is -2.19. The Kier molecular flexibility index (Phi) is 11.2. The third-order valence-corrected chi connectivity index (χ3v) is 11.3. The Morgan fingerprint density at radius 3 is 2.06 bits per heavy atom. The fraction of sp³-hybridized carbons (Fsp3) is 0.138. The zero-order valence-corrected chi connectivity index (χ0v) is 31.4. The molecule has 25 heteroatoms. The molecule has 0 amide bonds. The highest BCUT2D eigenvalue weighted by Gasteiger charge is 2.26. The van der Waals surface area contributed by atoms with E-state index in [1.165, 1.54) is 0 Å². The second-order valence-electron chi connectivity index (χ2n) is 11.1. The number of phenolic OH excluding ortho intramolecular Hbond substituents is 1. The second-order valence-corrected chi connectivity index (χ2v) is 17.5. The molecule has 5 rings (SSSR count). The second kappa shape index (κ2) is 15.1. The zero-order chi connectivity index (χ0) is 39.8. The van der Waals surface area contributed by atoms with E-state index in [1.807, 2.05) is 19.1 Å². The molecule has 0 atom stereocenters. The van der Waals surface area contributed by atoms with Gasteiger partial charge in [0, 0.05) is 18.1 Å². The molecule has 0 aliphatic carbocycles. The number of nitrogens with zero attached hydrogens (tertiary/aromatic N) is 6. The van der Waals surface area contributed by atoms with Crippen LogP contribution >= 0.6 is 11.6 Å². The predicted molar refractivity (Wildman–Crippen MR) is 193 cm³/mol. The van der Waals surface area contributed by atoms with Crippen LogP contribution in [0.5, 0.6) is 5.75 Å². The molecule has 0 bridgehead atoms. The monoisotopic (exact) mass is 843 g/mol. The lowest BCUT2D eigenvalue weighted by atomic mass is 10.1. The topological polar surface area (TPSA) is 305 Å². The summed E-state index contributed by atoms with van der Waals surface area (Å²) in [7, 11) is -17.6. The molecule has 20 nitrogen and oxygen atoms in total. The van der Waals surface area contributed by atoms with Gasteiger partial charge in [0.25, 0.3) is 20.2 Å². The van der Waals surface area contributed by atoms with Gasteiger partial charge in [0.1, 0.15) is 10.6 Å². The number of sulfone groups is 1. The lowest BCUT2D eigenvalue weighted by molar-refractivity contribution is 0.284. The molecular formula is C29H26ClN7O13S4. The normalized spacial score (nSPS) is 12.7. The van der Waals surface area contributed by atoms with Crippen molar-refractivity contribution in [1.82, 2.24) is 15.0 Å². The van der Waals surface area contributed by atoms with E-state index in [2.05, 4.69) is 34.7 Å². The number of anilines is 4. The summed E-state index contributed by atoms with van der Waals surface area (Å²) in [6.07, 6.45) is 0. The van der Waals surface area contributed by atoms with Gasteiger partial charge in [-0.2, -0.15) is 45.3 Å². The van der Waals surface area contributed by atoms with Gasteiger partial charge in [-0.05, 0) is 78.5 Å². The molecule has 1 heterocycles. The smallest absolute Gasteiger partial charge is 0.397 e. The number of aromatic nitrogens is 3. The van der Waals surface area contributed by atoms with Crippen LogP contribution in [0.25, 0.3) is 10.8 Å². The fourth-order valence-corrected chi connectivity index (χ4v) is 7.59. The molecule has 4 aromatic carbocycles. The molecule has 1 aromatic heterocycles. The third-order valence-electron chi connectivity index (χ3n) is 7.31. The Balaban J connectivity index is 1.60. The van der Waals surface area contributed by atoms with Crippen molar-refractivity contribution in [2.45, 2.75) is 21.6 Å². The molecule has 54 heavy (non-hydrogen) atoms. The van der Waals surface area contributed by atoms with Gasteiger partial charge in [0.2, 0.25) is 17.2 Å². The Labute approximate surface area is 312 Å². The van der Waals surface area contributed by atoms with Gasteiger partial charge < -0.3 is 15.3 Å². The number of phenols is 1. The van der Waals surface area contributed by atoms with Crippen molar-refractivity contribution >= 4 is 97.5 Å². The maximum Gasteiger partial charge on any atom is 0.397 e. The van der Waals surface area contributed by atoms with Crippen LogP contribution in [0.1, 0.15) is 5.56 Å². The minimum absolute atomic E-state index is 0.0224. The SMILES string of the molecule is Cc1ccc(N(C)c2nc(Cl)nc(Nc3cc(S(=O)(=O)O)cc4cc(S(=O)(=O)O)c(N=Nc5ccc(S(=O)(=O)CCOS(=O)(=O)O)cc5)c(O)c34)n2)cc1. The molecule has 0 aliphatic rings. The average Bonchev–Trinajstić information content (AvgIpc) is 3.06. The van der Waals surface area contributed by atoms with Gasteiger partial charge >= 0.3 is 10.4 Å². The van der Waals surface area contributed by atoms with Crippen molar-refractivity contribution in [3.8, 4) is 5.75 Å². The van der Waals surface area contributed by atoms with E-state index >= 15 is 0 Å². The molecule has 0 fully saturated rings. The maximum atomic E-state index is 12.5. The van der Waals surface area contributed by atoms with E-state index in [-0.39, 0.29) is 44.2 Å². The van der Waals surface area contributed by atoms with E-state index in [4.69, 9.17) is 16.2 Å². The van der Waals surface area contributed by atoms with E-state index < -0.39 is 74.1 Å². The molecule has 0 saturated carbocycles. The lowest BCUT2D eigenvalue weighted by Crippen LogP contribution is -2.15. The Morgan fingerprint density at radius 2 is 1.46 bits per heavy atom. The number of aryl methyl sites for hydroxylation is 1. The van der Waals surface area contributed by atoms with Gasteiger partial charge in [-0.15, -0.1) is 5.11 Å². The summed E-state index contributed by atoms with van der Waals surface area (Å²) in [6, 6.07) is 14.0. The molecule has 0 saturated heterocycles. The zero-order valence-electron chi connectivity index (χ0n) is 27.4. The van der Waals surface area contributed by atoms with Crippen LogP contribution in [0.4, 0.5) is 34.6 Å². The van der Waals surface area contributed by atoms with Crippen LogP contribution in [0.15, 0.2) is 91.6 Å². The summed E-state index contributed by atoms with van der Waals surface area (Å²) in [5, 5.41) is 20.8. The molecule has 286 valence electrons. The number of aromatic hydroxyl groups is 1. The number of halogens is 1. The van der Waals surface area contributed by atoms with Crippen molar-refractivity contribution in [2.24, 2.45) is 10.2 Å². The van der Waals surface area contributed by atoms with E-state index in [1.54, 1.807) is 24.1 Å². The van der Waals surface area contributed by atoms with Crippen LogP contribution in [-0.4, -0.2) is 86.8 Å². The molecule has 0 unspecified atom stereocenters. The van der Waals surface area contributed by atoms with Crippen molar-refractivity contribution in [2.75, 3.05) is 29.6 Å². The first-order valence-electron chi connectivity index (χ1n) is 14.7. The highest BCUT2D eigenvalue weighted by Crippen LogP contribution is 2.45. The molecule has 0 aliphatic heterocycles. The fourth-order valence-electron chi connectivity index (χ4n) is 4.75. The number of benzene rings is 4. The average molecular weight is 844 g/mol. The number of azo groups is 1. The summed E-state index contributed by atoms with van der Waals surface area (Å²) >= 11 is 6.19. The minimum atomic E-state index is -5.22. The highest BCUT2D eigenvalue weighted by molar-refractivity contribution is 7.91. The molecule has 0 spiro atoms. The van der Waals surface area contributed by atoms with Crippen molar-refractivity contribution < 1.29 is 56.6 Å². The third kappa shape index (κ3) is 9.59. The Bertz CT molecular complexity index is 2750. The predicted octanol–water partition coefficient (Wildman–Crippen LogP) is 4.71. The van der Waals surface area contributed by atoms with Crippen LogP contribution < -0.4 is 10.2 Å². The summed E-state index contributed by atoms with van der Waals surface area (Å²) in [4.78, 5) is 11.8. The summed E-state index contributed by atoms with van der Waals surface area (Å²) < 4.78 is 129. The van der Waals surface area contributed by atoms with E-state index in [0.717, 1.165) is 48.0 Å². The van der Waals surface area contributed by atoms with E-state index in [9.17, 15) is 47.9 Å². The quantitative estimate of drug-likeness (QED) is 0.0792. The summed E-state index contributed by atoms with van der Waals surface area (Å²) in [5.74, 6) is -2.07. The molecule has 5 aromatic rings. The number of hydrogen-bond donors (Lipinski definition) is 5. The summed E-state index contributed by atoms with van der Waals surface area (Å²) in [6.45, 7) is 1.01. The molecular weight excluding hydrogens is 818 g/mol. The summed E-state index contributed by atoms with van der Waals surface area (Å²) in [5.41, 5.74) is 0.362. The van der Waals surface area contributed by atoms with Crippen LogP contribution in [0.3, 0.4) is 0 Å². The molecule has 5 N–H and O–H groups in total. The minimum Gasteiger partial charge on any atom is -0.505 e. The first kappa shape index (κ1) is 40.3. The number of rotatable bonds is 13. The van der Waals surface area contributed by atoms with Crippen LogP contribution in [-0.2, 0) is 44.7 Å².